The summed E-state index contributed by atoms with van der Waals surface area (Å²) in [6, 6.07) is 9.08. The van der Waals surface area contributed by atoms with Crippen molar-refractivity contribution in [3.63, 3.8) is 0 Å². The number of carbonyl (C=O) groups excluding carboxylic acids is 3. The van der Waals surface area contributed by atoms with Crippen LogP contribution in [-0.4, -0.2) is 45.0 Å². The van der Waals surface area contributed by atoms with Gasteiger partial charge in [0.15, 0.2) is 0 Å². The van der Waals surface area contributed by atoms with Crippen LogP contribution < -0.4 is 4.74 Å². The highest BCUT2D eigenvalue weighted by molar-refractivity contribution is 8.18. The molecule has 2 aromatic carbocycles. The summed E-state index contributed by atoms with van der Waals surface area (Å²) in [7, 11) is 0. The van der Waals surface area contributed by atoms with Gasteiger partial charge in [0.25, 0.3) is 16.8 Å². The Hall–Kier alpha value is -4.26. The molecular formula is C22H19N3O9S. The van der Waals surface area contributed by atoms with E-state index in [2.05, 4.69) is 0 Å². The van der Waals surface area contributed by atoms with Gasteiger partial charge in [-0.15, -0.1) is 0 Å². The van der Waals surface area contributed by atoms with Crippen molar-refractivity contribution in [1.82, 2.24) is 4.90 Å². The number of hydrogen-bond acceptors (Lipinski definition) is 10. The van der Waals surface area contributed by atoms with Crippen molar-refractivity contribution < 1.29 is 33.7 Å². The second-order valence-corrected chi connectivity index (χ2v) is 8.68. The van der Waals surface area contributed by atoms with Crippen LogP contribution in [-0.2, 0) is 14.3 Å². The summed E-state index contributed by atoms with van der Waals surface area (Å²) in [5.74, 6) is -1.15. The van der Waals surface area contributed by atoms with E-state index in [0.29, 0.717) is 17.3 Å². The van der Waals surface area contributed by atoms with E-state index >= 15 is 0 Å². The lowest BCUT2D eigenvalue weighted by molar-refractivity contribution is -0.394. The lowest BCUT2D eigenvalue weighted by Gasteiger charge is -2.12. The van der Waals surface area contributed by atoms with E-state index in [4.69, 9.17) is 9.47 Å². The molecule has 13 heteroatoms. The first-order chi connectivity index (χ1) is 16.5. The minimum absolute atomic E-state index is 0.117. The Kier molecular flexibility index (Phi) is 7.81. The molecule has 1 fully saturated rings. The number of non-ortho nitro benzene ring substituents is 1. The van der Waals surface area contributed by atoms with Crippen LogP contribution in [0.25, 0.3) is 6.08 Å². The summed E-state index contributed by atoms with van der Waals surface area (Å²) in [5, 5.41) is 21.5. The van der Waals surface area contributed by atoms with Crippen LogP contribution in [0.5, 0.6) is 11.5 Å². The number of carbonyl (C=O) groups is 3. The zero-order valence-corrected chi connectivity index (χ0v) is 19.4. The second-order valence-electron chi connectivity index (χ2n) is 7.68. The van der Waals surface area contributed by atoms with Crippen molar-refractivity contribution in [3.05, 3.63) is 73.2 Å². The van der Waals surface area contributed by atoms with E-state index in [0.717, 1.165) is 23.1 Å². The molecule has 0 unspecified atom stereocenters. The second kappa shape index (κ2) is 10.8. The van der Waals surface area contributed by atoms with Gasteiger partial charge in [0.1, 0.15) is 12.3 Å². The van der Waals surface area contributed by atoms with Gasteiger partial charge in [0.2, 0.25) is 5.75 Å². The Bertz CT molecular complexity index is 1230. The Morgan fingerprint density at radius 3 is 2.37 bits per heavy atom. The summed E-state index contributed by atoms with van der Waals surface area (Å²) >= 11 is 0.688. The summed E-state index contributed by atoms with van der Waals surface area (Å²) in [6.07, 6.45) is 1.46. The highest BCUT2D eigenvalue weighted by Crippen LogP contribution is 2.35. The molecule has 0 spiro atoms. The van der Waals surface area contributed by atoms with E-state index in [9.17, 15) is 34.6 Å². The lowest BCUT2D eigenvalue weighted by Crippen LogP contribution is -2.34. The number of rotatable bonds is 9. The largest absolute Gasteiger partial charge is 0.464 e. The van der Waals surface area contributed by atoms with Crippen LogP contribution in [0.15, 0.2) is 47.4 Å². The molecule has 0 saturated carbocycles. The SMILES string of the molecule is CC(C)COC(=O)CN1C(=O)S/C(=C/c2ccc(Oc3ccc([N+](=O)[O-])cc3[N+](=O)[O-])cc2)C1=O. The molecule has 1 aliphatic heterocycles. The van der Waals surface area contributed by atoms with Crippen LogP contribution in [0.2, 0.25) is 0 Å². The Morgan fingerprint density at radius 1 is 1.09 bits per heavy atom. The molecule has 2 amide bonds. The van der Waals surface area contributed by atoms with Crippen molar-refractivity contribution in [3.8, 4) is 11.5 Å². The van der Waals surface area contributed by atoms with Crippen molar-refractivity contribution in [2.45, 2.75) is 13.8 Å². The molecule has 3 rings (SSSR count). The number of benzene rings is 2. The van der Waals surface area contributed by atoms with Crippen LogP contribution >= 0.6 is 11.8 Å². The van der Waals surface area contributed by atoms with Gasteiger partial charge in [0, 0.05) is 6.07 Å². The predicted octanol–water partition coefficient (Wildman–Crippen LogP) is 4.53. The molecule has 0 bridgehead atoms. The third-order valence-electron chi connectivity index (χ3n) is 4.49. The average Bonchev–Trinajstić information content (AvgIpc) is 3.06. The molecule has 1 saturated heterocycles. The van der Waals surface area contributed by atoms with E-state index in [1.54, 1.807) is 12.1 Å². The molecule has 12 nitrogen and oxygen atoms in total. The quantitative estimate of drug-likeness (QED) is 0.207. The van der Waals surface area contributed by atoms with Crippen LogP contribution in [0, 0.1) is 26.1 Å². The first-order valence-corrected chi connectivity index (χ1v) is 11.0. The van der Waals surface area contributed by atoms with Gasteiger partial charge >= 0.3 is 11.7 Å². The summed E-state index contributed by atoms with van der Waals surface area (Å²) in [5.41, 5.74) is -0.478. The van der Waals surface area contributed by atoms with E-state index in [1.807, 2.05) is 13.8 Å². The molecular weight excluding hydrogens is 482 g/mol. The fourth-order valence-electron chi connectivity index (χ4n) is 2.83. The standard InChI is InChI=1S/C22H19N3O9S/c1-13(2)12-33-20(26)11-23-21(27)19(35-22(23)28)9-14-3-6-16(7-4-14)34-18-8-5-15(24(29)30)10-17(18)25(31)32/h3-10,13H,11-12H2,1-2H3/b19-9+. The molecule has 1 heterocycles. The summed E-state index contributed by atoms with van der Waals surface area (Å²) in [6.45, 7) is 3.43. The van der Waals surface area contributed by atoms with Gasteiger partial charge < -0.3 is 9.47 Å². The van der Waals surface area contributed by atoms with Crippen molar-refractivity contribution in [1.29, 1.82) is 0 Å². The maximum Gasteiger partial charge on any atom is 0.326 e. The van der Waals surface area contributed by atoms with Crippen molar-refractivity contribution in [2.75, 3.05) is 13.2 Å². The Morgan fingerprint density at radius 2 is 1.77 bits per heavy atom. The van der Waals surface area contributed by atoms with E-state index in [1.165, 1.54) is 18.2 Å². The highest BCUT2D eigenvalue weighted by atomic mass is 32.2. The van der Waals surface area contributed by atoms with Gasteiger partial charge in [-0.25, -0.2) is 0 Å². The van der Waals surface area contributed by atoms with E-state index in [-0.39, 0.29) is 28.9 Å². The van der Waals surface area contributed by atoms with Gasteiger partial charge in [-0.3, -0.25) is 39.5 Å². The number of nitro groups is 2. The molecule has 0 aliphatic carbocycles. The first kappa shape index (κ1) is 25.4. The van der Waals surface area contributed by atoms with Gasteiger partial charge in [0.05, 0.1) is 27.4 Å². The highest BCUT2D eigenvalue weighted by Gasteiger charge is 2.36. The fourth-order valence-corrected chi connectivity index (χ4v) is 3.67. The number of nitro benzene ring substituents is 2. The fraction of sp³-hybridized carbons (Fsp3) is 0.227. The molecule has 35 heavy (non-hydrogen) atoms. The minimum atomic E-state index is -0.786. The molecule has 0 N–H and O–H groups in total. The zero-order valence-electron chi connectivity index (χ0n) is 18.5. The predicted molar refractivity (Wildman–Crippen MR) is 125 cm³/mol. The molecule has 0 radical (unpaired) electrons. The lowest BCUT2D eigenvalue weighted by atomic mass is 10.2. The zero-order chi connectivity index (χ0) is 25.7. The van der Waals surface area contributed by atoms with Crippen molar-refractivity contribution >= 4 is 46.3 Å². The number of nitrogens with zero attached hydrogens (tertiary/aromatic N) is 3. The molecule has 0 atom stereocenters. The number of amides is 2. The smallest absolute Gasteiger partial charge is 0.326 e. The van der Waals surface area contributed by atoms with Gasteiger partial charge in [-0.05, 0) is 47.5 Å². The Balaban J connectivity index is 1.71. The van der Waals surface area contributed by atoms with Gasteiger partial charge in [-0.2, -0.15) is 0 Å². The first-order valence-electron chi connectivity index (χ1n) is 10.2. The van der Waals surface area contributed by atoms with Crippen molar-refractivity contribution in [2.24, 2.45) is 5.92 Å². The number of ether oxygens (including phenoxy) is 2. The third-order valence-corrected chi connectivity index (χ3v) is 5.40. The maximum absolute atomic E-state index is 12.6. The maximum atomic E-state index is 12.6. The van der Waals surface area contributed by atoms with Crippen LogP contribution in [0.4, 0.5) is 16.2 Å². The number of thioether (sulfide) groups is 1. The van der Waals surface area contributed by atoms with Gasteiger partial charge in [-0.1, -0.05) is 26.0 Å². The summed E-state index contributed by atoms with van der Waals surface area (Å²) < 4.78 is 10.5. The van der Waals surface area contributed by atoms with Crippen LogP contribution in [0.3, 0.4) is 0 Å². The van der Waals surface area contributed by atoms with E-state index < -0.39 is 44.9 Å². The number of imide groups is 1. The third kappa shape index (κ3) is 6.41. The monoisotopic (exact) mass is 501 g/mol. The van der Waals surface area contributed by atoms with Crippen LogP contribution in [0.1, 0.15) is 19.4 Å². The Labute approximate surface area is 202 Å². The normalized spacial score (nSPS) is 14.5. The summed E-state index contributed by atoms with van der Waals surface area (Å²) in [4.78, 5) is 58.1. The molecule has 0 aromatic heterocycles. The minimum Gasteiger partial charge on any atom is -0.464 e. The molecule has 1 aliphatic rings. The topological polar surface area (TPSA) is 159 Å². The average molecular weight is 501 g/mol. The molecule has 2 aromatic rings. The molecule has 182 valence electrons. The number of esters is 1. The number of hydrogen-bond donors (Lipinski definition) is 0.